The van der Waals surface area contributed by atoms with Crippen LogP contribution < -0.4 is 67.5 Å². The van der Waals surface area contributed by atoms with Crippen molar-refractivity contribution < 1.29 is 84.2 Å². The zero-order chi connectivity index (χ0) is 100. The number of hydrogen-bond acceptors (Lipinski definition) is 29. The average molecular weight is 2100 g/mol. The van der Waals surface area contributed by atoms with Gasteiger partial charge >= 0.3 is 34.1 Å². The van der Waals surface area contributed by atoms with Gasteiger partial charge in [0.05, 0.1) is 64.9 Å². The van der Waals surface area contributed by atoms with Crippen LogP contribution in [0.15, 0.2) is 119 Å². The van der Waals surface area contributed by atoms with Crippen molar-refractivity contribution in [3.05, 3.63) is 198 Å². The van der Waals surface area contributed by atoms with E-state index in [2.05, 4.69) is 177 Å². The lowest BCUT2D eigenvalue weighted by molar-refractivity contribution is -0.0541. The van der Waals surface area contributed by atoms with E-state index >= 15 is 0 Å². The standard InChI is InChI=1S/C16H23N2O5P.C14H23N2O6P.2C14H23N2O5P.C14H23N2O4P.C13H20IN2O4P/c1-5-6-10-9-18(16(22)17-14(10)21)15-13(20)12(19)11(23-15)7-8-24(2,3)4;1-23(2,3)5-4-9-10(18)11(19)13(22-9)16-6-8(7-17)12(20)15-14(16)21;1-20-12-11(18)9(6-8-22(2,3)4)21-13(12)16-7-5-10(17)15-14(16)19;1-15-10(17)5-7-16(14(15)20)13-12(19)11(18)9(21-13)6-8-22(2,3)4;1-9-12(18)10(6-8-21(2,3)4)20-13(9)16-7-5-11(17)15-14(16)19;1-21(2,3)7-5-8-11(18)10(14)12(20-8)16-6-4-9(17)15-13(16)19/h9,11-13,15,19-20H,2,7-8H2,1,3-4H3,(H,17,21,22);6,9-11,13,17-19H,1,4-5,7H2,2-3H3,(H,15,20,21);5,7,9,11-13,18H,2,6,8H2,1,3-4H3,(H,15,17,19);5,7,9,11-13,18-19H,2,6,8H2,1,3-4H3;5,7,9-10,12-13,18H,2,6,8H2,1,3-4H3,(H,15,17,19);4,6,8,10-12,18H,1,5,7H2,2-3H3,(H,15,17,19)/t11-,12-,13-,15-;9-,10-,11-,13-;2*9-,11-,12-,13-;9-,10-,12+,13-;8-,10-,11-,12-/m111111/s1. The van der Waals surface area contributed by atoms with Crippen LogP contribution in [-0.2, 0) is 46.8 Å². The monoisotopic (exact) mass is 2100 g/mol. The number of hydrogen-bond donors (Lipinski definition) is 15. The topological polar surface area (TPSA) is 585 Å². The lowest BCUT2D eigenvalue weighted by atomic mass is 10.0. The number of aliphatic hydroxyl groups is 10. The van der Waals surface area contributed by atoms with Crippen LogP contribution in [0.2, 0.25) is 0 Å². The van der Waals surface area contributed by atoms with Gasteiger partial charge in [-0.25, -0.2) is 28.8 Å². The second-order valence-corrected chi connectivity index (χ2v) is 65.4. The summed E-state index contributed by atoms with van der Waals surface area (Å²) in [5.41, 5.74) is -6.72. The molecule has 0 aliphatic carbocycles. The summed E-state index contributed by atoms with van der Waals surface area (Å²) >= 11 is 2.09. The number of aromatic nitrogens is 12. The maximum absolute atomic E-state index is 12.1. The van der Waals surface area contributed by atoms with Crippen molar-refractivity contribution in [3.63, 3.8) is 0 Å². The zero-order valence-corrected chi connectivity index (χ0v) is 85.5. The van der Waals surface area contributed by atoms with Crippen LogP contribution in [0.25, 0.3) is 0 Å². The van der Waals surface area contributed by atoms with E-state index in [1.165, 1.54) is 83.1 Å². The quantitative estimate of drug-likeness (QED) is 0.0131. The molecular formula is C85H135IN12O29P6. The van der Waals surface area contributed by atoms with Crippen molar-refractivity contribution >= 4 is 102 Å². The molecule has 0 aromatic carbocycles. The number of nitrogens with one attached hydrogen (secondary N) is 5. The lowest BCUT2D eigenvalue weighted by Gasteiger charge is -2.20. The number of methoxy groups -OCH3 is 1. The van der Waals surface area contributed by atoms with Crippen molar-refractivity contribution in [2.45, 2.75) is 198 Å². The molecule has 48 heteroatoms. The van der Waals surface area contributed by atoms with E-state index in [9.17, 15) is 103 Å². The second-order valence-electron chi connectivity index (χ2n) is 38.0. The zero-order valence-electron chi connectivity index (χ0n) is 78.0. The van der Waals surface area contributed by atoms with Gasteiger partial charge in [-0.15, -0.1) is 85.0 Å². The number of halogens is 1. The van der Waals surface area contributed by atoms with Crippen LogP contribution in [-0.4, -0.2) is 371 Å². The Morgan fingerprint density at radius 1 is 0.391 bits per heavy atom. The summed E-state index contributed by atoms with van der Waals surface area (Å²) in [4.78, 5) is 150. The Balaban J connectivity index is 0.000000218. The maximum Gasteiger partial charge on any atom is 0.332 e. The third-order valence-corrected chi connectivity index (χ3v) is 32.7. The minimum atomic E-state index is -1.31. The lowest BCUT2D eigenvalue weighted by Crippen LogP contribution is -2.41. The van der Waals surface area contributed by atoms with E-state index in [1.54, 1.807) is 6.92 Å². The number of aliphatic hydroxyl groups excluding tert-OH is 10. The minimum Gasteiger partial charge on any atom is -0.391 e. The van der Waals surface area contributed by atoms with E-state index in [0.717, 1.165) is 74.3 Å². The van der Waals surface area contributed by atoms with E-state index in [-0.39, 0.29) is 33.2 Å². The SMILES string of the molecule is C=P(C)(C)CC[C@H]1O[C@@H](n2cc(C#CC)c(=O)[nH]c2=O)[C@H](O)[C@@H]1O.C=P(C)(C)CC[C@H]1O[C@@H](n2cc(CO)c(=O)[nH]c2=O)[C@H](O)[C@@H]1O.C=P(C)(C)CC[C@H]1O[C@@H](n2ccc(=O)[nH]c2=O)[C@H](C)[C@@H]1O.C=P(C)(C)CC[C@H]1O[C@@H](n2ccc(=O)[nH]c2=O)[C@H](I)[C@@H]1O.C=P(C)(C)CC[C@H]1O[C@@H](n2ccc(=O)[nH]c2=O)[C@H](OC)[C@@H]1O.C=P(C)(C)CC[C@H]1O[C@@H](n2ccc(=O)n(C)c2=O)[C@H](O)[C@@H]1O. The first kappa shape index (κ1) is 113. The molecule has 6 aliphatic heterocycles. The summed E-state index contributed by atoms with van der Waals surface area (Å²) < 4.78 is 47.7. The Hall–Kier alpha value is -6.51. The molecule has 6 aliphatic rings. The van der Waals surface area contributed by atoms with E-state index in [0.29, 0.717) is 25.7 Å². The fourth-order valence-corrected chi connectivity index (χ4v) is 21.6. The molecule has 6 aromatic rings. The number of rotatable bonds is 26. The molecule has 133 heavy (non-hydrogen) atoms. The highest BCUT2D eigenvalue weighted by atomic mass is 127. The minimum absolute atomic E-state index is 0.0249. The van der Waals surface area contributed by atoms with Gasteiger partial charge in [0.25, 0.3) is 33.4 Å². The number of ether oxygens (including phenoxy) is 7. The van der Waals surface area contributed by atoms with Crippen molar-refractivity contribution in [1.29, 1.82) is 0 Å². The molecule has 12 rings (SSSR count). The van der Waals surface area contributed by atoms with Gasteiger partial charge in [-0.1, -0.05) is 35.4 Å². The fraction of sp³-hybridized carbons (Fsp3) is 0.624. The molecule has 746 valence electrons. The summed E-state index contributed by atoms with van der Waals surface area (Å²) in [5, 5.41) is 101. The van der Waals surface area contributed by atoms with E-state index < -0.39 is 238 Å². The number of nitrogens with zero attached hydrogens (tertiary/aromatic N) is 7. The molecule has 41 nitrogen and oxygen atoms in total. The molecule has 6 fully saturated rings. The van der Waals surface area contributed by atoms with E-state index in [4.69, 9.17) is 38.3 Å². The molecule has 24 atom stereocenters. The Morgan fingerprint density at radius 2 is 0.692 bits per heavy atom. The second kappa shape index (κ2) is 47.9. The first-order valence-electron chi connectivity index (χ1n) is 42.7. The third kappa shape index (κ3) is 32.0. The largest absolute Gasteiger partial charge is 0.391 e. The average Bonchev–Trinajstić information content (AvgIpc) is 1.69. The normalized spacial score (nSPS) is 28.7. The first-order chi connectivity index (χ1) is 61.5. The summed E-state index contributed by atoms with van der Waals surface area (Å²) in [6, 6.07) is 5.02. The molecule has 6 saturated heterocycles. The molecule has 12 heterocycles. The number of H-pyrrole nitrogens is 5. The van der Waals surface area contributed by atoms with Gasteiger partial charge < -0.3 is 84.2 Å². The molecule has 0 amide bonds. The van der Waals surface area contributed by atoms with Gasteiger partial charge in [-0.05, 0) is 162 Å². The summed E-state index contributed by atoms with van der Waals surface area (Å²) in [6.45, 7) is 20.6. The molecular weight excluding hydrogens is 1970 g/mol. The Labute approximate surface area is 782 Å². The van der Waals surface area contributed by atoms with Crippen LogP contribution >= 0.6 is 63.9 Å². The first-order valence-corrected chi connectivity index (χ1v) is 62.3. The highest BCUT2D eigenvalue weighted by Crippen LogP contribution is 2.46. The Morgan fingerprint density at radius 3 is 1.05 bits per heavy atom. The van der Waals surface area contributed by atoms with Gasteiger partial charge in [-0.3, -0.25) is 85.7 Å². The Kier molecular flexibility index (Phi) is 40.9. The van der Waals surface area contributed by atoms with Crippen molar-refractivity contribution in [2.24, 2.45) is 13.0 Å². The molecule has 0 unspecified atom stereocenters. The van der Waals surface area contributed by atoms with Crippen LogP contribution in [0, 0.1) is 17.8 Å². The van der Waals surface area contributed by atoms with Crippen LogP contribution in [0.4, 0.5) is 0 Å². The molecule has 15 N–H and O–H groups in total. The highest BCUT2D eigenvalue weighted by Gasteiger charge is 2.50. The molecule has 0 spiro atoms. The van der Waals surface area contributed by atoms with Crippen molar-refractivity contribution in [2.75, 3.05) is 124 Å². The molecule has 0 radical (unpaired) electrons. The summed E-state index contributed by atoms with van der Waals surface area (Å²) in [5.74, 6) is 4.96. The Bertz CT molecular complexity index is 6030. The van der Waals surface area contributed by atoms with Crippen molar-refractivity contribution in [1.82, 2.24) is 56.9 Å². The molecule has 6 aromatic heterocycles. The molecule has 0 saturated carbocycles. The molecule has 0 bridgehead atoms. The van der Waals surface area contributed by atoms with Crippen LogP contribution in [0.3, 0.4) is 0 Å². The van der Waals surface area contributed by atoms with Gasteiger partial charge in [-0.2, -0.15) is 0 Å². The van der Waals surface area contributed by atoms with Crippen LogP contribution in [0.1, 0.15) is 101 Å². The van der Waals surface area contributed by atoms with E-state index in [1.807, 2.05) is 6.92 Å². The third-order valence-electron chi connectivity index (χ3n) is 22.5. The summed E-state index contributed by atoms with van der Waals surface area (Å²) in [7, 11) is 2.81. The van der Waals surface area contributed by atoms with Gasteiger partial charge in [0.15, 0.2) is 31.1 Å². The van der Waals surface area contributed by atoms with Crippen molar-refractivity contribution in [3.8, 4) is 11.8 Å². The smallest absolute Gasteiger partial charge is 0.332 e. The maximum atomic E-state index is 12.1. The van der Waals surface area contributed by atoms with Crippen LogP contribution in [0.5, 0.6) is 0 Å². The predicted octanol–water partition coefficient (Wildman–Crippen LogP) is -1.22. The fourth-order valence-electron chi connectivity index (χ4n) is 14.9. The summed E-state index contributed by atoms with van der Waals surface area (Å²) in [6.07, 6.45) is 23.7. The number of alkyl halides is 1. The predicted molar refractivity (Wildman–Crippen MR) is 539 cm³/mol. The number of aromatic amines is 5. The van der Waals surface area contributed by atoms with Gasteiger partial charge in [0.1, 0.15) is 60.6 Å². The highest BCUT2D eigenvalue weighted by molar-refractivity contribution is 14.1. The van der Waals surface area contributed by atoms with Gasteiger partial charge in [0.2, 0.25) is 0 Å². The van der Waals surface area contributed by atoms with Gasteiger partial charge in [0, 0.05) is 81.5 Å².